The van der Waals surface area contributed by atoms with E-state index in [2.05, 4.69) is 27.0 Å². The summed E-state index contributed by atoms with van der Waals surface area (Å²) in [6.45, 7) is 2.70. The molecule has 118 valence electrons. The van der Waals surface area contributed by atoms with E-state index < -0.39 is 10.0 Å². The van der Waals surface area contributed by atoms with Gasteiger partial charge in [-0.25, -0.2) is 18.1 Å². The fourth-order valence-corrected chi connectivity index (χ4v) is 3.61. The molecule has 0 saturated carbocycles. The highest BCUT2D eigenvalue weighted by Crippen LogP contribution is 2.19. The minimum atomic E-state index is -3.44. The molecule has 6 nitrogen and oxygen atoms in total. The second kappa shape index (κ2) is 7.20. The Hall–Kier alpha value is -1.18. The molecule has 1 aromatic heterocycles. The average molecular weight is 312 g/mol. The van der Waals surface area contributed by atoms with Crippen LogP contribution in [0.5, 0.6) is 0 Å². The third-order valence-electron chi connectivity index (χ3n) is 3.98. The third-order valence-corrected chi connectivity index (χ3v) is 5.44. The van der Waals surface area contributed by atoms with Gasteiger partial charge in [0.25, 0.3) is 0 Å². The SMILES string of the molecule is CNc1cc(S(=O)(=O)NCCC2CCN(C)CC2)ccn1. The highest BCUT2D eigenvalue weighted by Gasteiger charge is 2.18. The van der Waals surface area contributed by atoms with E-state index in [9.17, 15) is 8.42 Å². The second-order valence-electron chi connectivity index (χ2n) is 5.56. The maximum Gasteiger partial charge on any atom is 0.240 e. The Morgan fingerprint density at radius 1 is 1.38 bits per heavy atom. The Morgan fingerprint density at radius 3 is 2.76 bits per heavy atom. The fourth-order valence-electron chi connectivity index (χ4n) is 2.55. The Labute approximate surface area is 127 Å². The smallest absolute Gasteiger partial charge is 0.240 e. The standard InChI is InChI=1S/C14H24N4O2S/c1-15-14-11-13(4-7-16-14)21(19,20)17-8-3-12-5-9-18(2)10-6-12/h4,7,11-12,17H,3,5-6,8-10H2,1-2H3,(H,15,16). The van der Waals surface area contributed by atoms with Crippen molar-refractivity contribution >= 4 is 15.8 Å². The first-order valence-corrected chi connectivity index (χ1v) is 8.81. The van der Waals surface area contributed by atoms with E-state index in [1.54, 1.807) is 7.05 Å². The molecule has 0 spiro atoms. The van der Waals surface area contributed by atoms with Crippen molar-refractivity contribution in [1.29, 1.82) is 0 Å². The molecule has 0 aliphatic carbocycles. The van der Waals surface area contributed by atoms with Gasteiger partial charge in [-0.05, 0) is 51.4 Å². The summed E-state index contributed by atoms with van der Waals surface area (Å²) in [7, 11) is 0.396. The maximum absolute atomic E-state index is 12.2. The zero-order valence-electron chi connectivity index (χ0n) is 12.7. The van der Waals surface area contributed by atoms with E-state index in [-0.39, 0.29) is 4.90 Å². The van der Waals surface area contributed by atoms with Crippen LogP contribution in [0.15, 0.2) is 23.2 Å². The van der Waals surface area contributed by atoms with Gasteiger partial charge in [-0.3, -0.25) is 0 Å². The second-order valence-corrected chi connectivity index (χ2v) is 7.33. The molecule has 2 N–H and O–H groups in total. The number of piperidine rings is 1. The van der Waals surface area contributed by atoms with E-state index in [1.807, 2.05) is 0 Å². The zero-order valence-corrected chi connectivity index (χ0v) is 13.5. The number of aromatic nitrogens is 1. The fraction of sp³-hybridized carbons (Fsp3) is 0.643. The van der Waals surface area contributed by atoms with Gasteiger partial charge < -0.3 is 10.2 Å². The van der Waals surface area contributed by atoms with Gasteiger partial charge in [-0.2, -0.15) is 0 Å². The van der Waals surface area contributed by atoms with Crippen LogP contribution in [0.4, 0.5) is 5.82 Å². The number of hydrogen-bond acceptors (Lipinski definition) is 5. The van der Waals surface area contributed by atoms with Crippen molar-refractivity contribution in [2.75, 3.05) is 39.0 Å². The van der Waals surface area contributed by atoms with Crippen LogP contribution < -0.4 is 10.0 Å². The summed E-state index contributed by atoms with van der Waals surface area (Å²) in [5, 5.41) is 2.84. The molecule has 2 heterocycles. The molecule has 1 saturated heterocycles. The summed E-state index contributed by atoms with van der Waals surface area (Å²) in [6, 6.07) is 3.05. The maximum atomic E-state index is 12.2. The molecule has 0 aromatic carbocycles. The average Bonchev–Trinajstić information content (AvgIpc) is 2.49. The van der Waals surface area contributed by atoms with Crippen molar-refractivity contribution in [3.63, 3.8) is 0 Å². The predicted octanol–water partition coefficient (Wildman–Crippen LogP) is 1.13. The molecule has 1 aliphatic heterocycles. The summed E-state index contributed by atoms with van der Waals surface area (Å²) in [4.78, 5) is 6.60. The number of anilines is 1. The lowest BCUT2D eigenvalue weighted by atomic mass is 9.94. The Balaban J connectivity index is 1.86. The molecule has 0 bridgehead atoms. The molecular weight excluding hydrogens is 288 g/mol. The summed E-state index contributed by atoms with van der Waals surface area (Å²) < 4.78 is 27.1. The molecule has 0 radical (unpaired) electrons. The first-order valence-electron chi connectivity index (χ1n) is 7.33. The highest BCUT2D eigenvalue weighted by atomic mass is 32.2. The van der Waals surface area contributed by atoms with E-state index >= 15 is 0 Å². The van der Waals surface area contributed by atoms with Crippen molar-refractivity contribution in [3.05, 3.63) is 18.3 Å². The van der Waals surface area contributed by atoms with Crippen LogP contribution in [-0.2, 0) is 10.0 Å². The third kappa shape index (κ3) is 4.66. The lowest BCUT2D eigenvalue weighted by Gasteiger charge is -2.28. The quantitative estimate of drug-likeness (QED) is 0.824. The van der Waals surface area contributed by atoms with Crippen LogP contribution in [0.3, 0.4) is 0 Å². The van der Waals surface area contributed by atoms with Crippen LogP contribution in [0, 0.1) is 5.92 Å². The first kappa shape index (κ1) is 16.2. The monoisotopic (exact) mass is 312 g/mol. The van der Waals surface area contributed by atoms with Gasteiger partial charge in [0.1, 0.15) is 5.82 Å². The van der Waals surface area contributed by atoms with Crippen molar-refractivity contribution < 1.29 is 8.42 Å². The molecular formula is C14H24N4O2S. The minimum Gasteiger partial charge on any atom is -0.373 e. The first-order chi connectivity index (χ1) is 10.0. The van der Waals surface area contributed by atoms with Crippen LogP contribution in [0.2, 0.25) is 0 Å². The largest absolute Gasteiger partial charge is 0.373 e. The van der Waals surface area contributed by atoms with Crippen molar-refractivity contribution in [2.24, 2.45) is 5.92 Å². The van der Waals surface area contributed by atoms with Gasteiger partial charge >= 0.3 is 0 Å². The molecule has 0 atom stereocenters. The zero-order chi connectivity index (χ0) is 15.3. The highest BCUT2D eigenvalue weighted by molar-refractivity contribution is 7.89. The van der Waals surface area contributed by atoms with E-state index in [0.29, 0.717) is 18.3 Å². The number of rotatable bonds is 6. The van der Waals surface area contributed by atoms with Crippen molar-refractivity contribution in [3.8, 4) is 0 Å². The topological polar surface area (TPSA) is 74.3 Å². The van der Waals surface area contributed by atoms with Gasteiger partial charge in [-0.1, -0.05) is 0 Å². The molecule has 0 unspecified atom stereocenters. The number of likely N-dealkylation sites (tertiary alicyclic amines) is 1. The Morgan fingerprint density at radius 2 is 2.10 bits per heavy atom. The van der Waals surface area contributed by atoms with Crippen LogP contribution in [-0.4, -0.2) is 52.0 Å². The van der Waals surface area contributed by atoms with E-state index in [1.165, 1.54) is 18.3 Å². The number of nitrogens with one attached hydrogen (secondary N) is 2. The Kier molecular flexibility index (Phi) is 5.55. The van der Waals surface area contributed by atoms with Gasteiger partial charge in [0.2, 0.25) is 10.0 Å². The van der Waals surface area contributed by atoms with Crippen LogP contribution in [0.25, 0.3) is 0 Å². The van der Waals surface area contributed by atoms with Crippen molar-refractivity contribution in [1.82, 2.24) is 14.6 Å². The summed E-state index contributed by atoms with van der Waals surface area (Å²) in [6.07, 6.45) is 4.70. The molecule has 7 heteroatoms. The lowest BCUT2D eigenvalue weighted by molar-refractivity contribution is 0.213. The number of hydrogen-bond donors (Lipinski definition) is 2. The minimum absolute atomic E-state index is 0.255. The predicted molar refractivity (Wildman–Crippen MR) is 83.8 cm³/mol. The summed E-state index contributed by atoms with van der Waals surface area (Å²) in [5.41, 5.74) is 0. The molecule has 1 fully saturated rings. The lowest BCUT2D eigenvalue weighted by Crippen LogP contribution is -2.32. The van der Waals surface area contributed by atoms with Gasteiger partial charge in [0.05, 0.1) is 4.90 Å². The van der Waals surface area contributed by atoms with Crippen LogP contribution in [0.1, 0.15) is 19.3 Å². The molecule has 21 heavy (non-hydrogen) atoms. The molecule has 1 aromatic rings. The molecule has 0 amide bonds. The van der Waals surface area contributed by atoms with E-state index in [4.69, 9.17) is 0 Å². The summed E-state index contributed by atoms with van der Waals surface area (Å²) in [5.74, 6) is 1.17. The molecule has 1 aliphatic rings. The number of nitrogens with zero attached hydrogens (tertiary/aromatic N) is 2. The van der Waals surface area contributed by atoms with Crippen molar-refractivity contribution in [2.45, 2.75) is 24.2 Å². The van der Waals surface area contributed by atoms with Gasteiger partial charge in [0.15, 0.2) is 0 Å². The normalized spacial score (nSPS) is 17.8. The van der Waals surface area contributed by atoms with Gasteiger partial charge in [-0.15, -0.1) is 0 Å². The number of sulfonamides is 1. The Bertz CT molecular complexity index is 554. The van der Waals surface area contributed by atoms with Gasteiger partial charge in [0, 0.05) is 25.9 Å². The van der Waals surface area contributed by atoms with E-state index in [0.717, 1.165) is 32.4 Å². The number of pyridine rings is 1. The van der Waals surface area contributed by atoms with Crippen LogP contribution >= 0.6 is 0 Å². The summed E-state index contributed by atoms with van der Waals surface area (Å²) >= 11 is 0. The molecule has 2 rings (SSSR count).